The van der Waals surface area contributed by atoms with E-state index in [9.17, 15) is 0 Å². The Bertz CT molecular complexity index is 8.00. The lowest BCUT2D eigenvalue weighted by Crippen LogP contribution is -1.67. The van der Waals surface area contributed by atoms with Crippen LogP contribution in [-0.2, 0) is 0 Å². The normalized spacial score (nSPS) is 6.25. The zero-order chi connectivity index (χ0) is 3.41. The van der Waals surface area contributed by atoms with Crippen molar-refractivity contribution in [3.63, 3.8) is 0 Å². The fourth-order valence-electron chi connectivity index (χ4n) is 0. The van der Waals surface area contributed by atoms with Crippen LogP contribution in [0.5, 0.6) is 0 Å². The average molecular weight is 163 g/mol. The lowest BCUT2D eigenvalue weighted by atomic mass is 9.87. The minimum atomic E-state index is 0.681. The molecule has 3 heteroatoms. The first-order chi connectivity index (χ1) is 1.91. The zero-order valence-electron chi connectivity index (χ0n) is 2.24. The molecule has 0 aromatic rings. The van der Waals surface area contributed by atoms with Gasteiger partial charge in [-0.05, 0) is 0 Å². The highest BCUT2D eigenvalue weighted by Crippen LogP contribution is 1.74. The van der Waals surface area contributed by atoms with Crippen molar-refractivity contribution in [2.75, 3.05) is 0 Å². The van der Waals surface area contributed by atoms with Crippen molar-refractivity contribution in [1.82, 2.24) is 0 Å². The molecule has 3 radical (unpaired) electrons. The summed E-state index contributed by atoms with van der Waals surface area (Å²) in [6.07, 6.45) is 0.681. The molecule has 0 unspecified atom stereocenters. The first kappa shape index (κ1) is 4.86. The molecule has 0 nitrogen and oxygen atoms in total. The molecule has 0 aliphatic carbocycles. The first-order valence-electron chi connectivity index (χ1n) is 1.03. The lowest BCUT2D eigenvalue weighted by molar-refractivity contribution is 2.13. The van der Waals surface area contributed by atoms with Crippen molar-refractivity contribution < 1.29 is 0 Å². The van der Waals surface area contributed by atoms with Gasteiger partial charge in [0, 0.05) is 0 Å². The van der Waals surface area contributed by atoms with Crippen LogP contribution in [0.4, 0.5) is 0 Å². The maximum absolute atomic E-state index is 4.96. The third-order valence-corrected chi connectivity index (χ3v) is 0.598. The summed E-state index contributed by atoms with van der Waals surface area (Å²) in [6, 6.07) is 0. The Balaban J connectivity index is 1.97. The smallest absolute Gasteiger partial charge is 0.160 e. The predicted octanol–water partition coefficient (Wildman–Crippen LogP) is 0.585. The number of hydrogen-bond donors (Lipinski definition) is 0. The molecule has 0 saturated carbocycles. The van der Waals surface area contributed by atoms with Gasteiger partial charge in [-0.3, -0.25) is 0 Å². The molecule has 19 valence electrons. The van der Waals surface area contributed by atoms with Crippen molar-refractivity contribution in [2.45, 2.75) is 6.22 Å². The van der Waals surface area contributed by atoms with E-state index >= 15 is 0 Å². The predicted molar refractivity (Wildman–Crippen MR) is 30.3 cm³/mol. The summed E-state index contributed by atoms with van der Waals surface area (Å²) in [4.78, 5) is 0. The molecule has 0 aliphatic heterocycles. The highest BCUT2D eigenvalue weighted by atomic mass is 127. The molecule has 0 fully saturated rings. The molecule has 0 bridgehead atoms. The number of rotatable bonds is 1. The molecule has 0 aliphatic rings. The van der Waals surface area contributed by atoms with E-state index in [1.165, 1.54) is 0 Å². The Kier molecular flexibility index (Phi) is 4.69. The fourth-order valence-corrected chi connectivity index (χ4v) is 0. The van der Waals surface area contributed by atoms with Crippen LogP contribution in [0.2, 0.25) is 6.22 Å². The summed E-state index contributed by atoms with van der Waals surface area (Å²) in [5.74, 6) is 0. The molecule has 0 heterocycles. The summed E-state index contributed by atoms with van der Waals surface area (Å²) < 4.78 is 0. The molecule has 0 atom stereocenters. The van der Waals surface area contributed by atoms with Gasteiger partial charge in [0.2, 0.25) is 0 Å². The van der Waals surface area contributed by atoms with Crippen molar-refractivity contribution in [3.8, 4) is 0 Å². The van der Waals surface area contributed by atoms with E-state index in [2.05, 4.69) is 22.4 Å². The Morgan fingerprint density at radius 2 is 2.25 bits per heavy atom. The molecule has 0 aromatic carbocycles. The molecule has 4 heavy (non-hydrogen) atoms. The van der Waals surface area contributed by atoms with E-state index in [4.69, 9.17) is 7.85 Å². The van der Waals surface area contributed by atoms with Gasteiger partial charge in [-0.15, -0.1) is 6.22 Å². The Hall–Kier alpha value is 0.860. The molecular weight excluding hydrogens is 161 g/mol. The maximum Gasteiger partial charge on any atom is 0.191 e. The maximum atomic E-state index is 4.96. The minimum absolute atomic E-state index is 0.681. The molecule has 0 amide bonds. The third-order valence-electron chi connectivity index (χ3n) is 0.0891. The topological polar surface area (TPSA) is 0 Å². The largest absolute Gasteiger partial charge is 0.191 e. The Morgan fingerprint density at radius 1 is 2.00 bits per heavy atom. The lowest BCUT2D eigenvalue weighted by Gasteiger charge is -1.61. The van der Waals surface area contributed by atoms with Crippen LogP contribution in [0.25, 0.3) is 0 Å². The summed E-state index contributed by atoms with van der Waals surface area (Å²) in [5, 5.41) is 1.87. The third kappa shape index (κ3) is 2.86. The van der Waals surface area contributed by atoms with E-state index in [0.717, 1.165) is 0 Å². The van der Waals surface area contributed by atoms with E-state index in [1.54, 1.807) is 0 Å². The zero-order valence-corrected chi connectivity index (χ0v) is 4.40. The van der Waals surface area contributed by atoms with Crippen LogP contribution < -0.4 is 0 Å². The van der Waals surface area contributed by atoms with Crippen LogP contribution in [0.15, 0.2) is 0 Å². The molecule has 0 aromatic heterocycles. The van der Waals surface area contributed by atoms with Crippen LogP contribution in [-0.4, -0.2) is 13.0 Å². The van der Waals surface area contributed by atoms with Crippen LogP contribution in [0.3, 0.4) is 0 Å². The Labute approximate surface area is 41.9 Å². The summed E-state index contributed by atoms with van der Waals surface area (Å²) in [6.45, 7) is 0. The van der Waals surface area contributed by atoms with Gasteiger partial charge in [0.1, 0.15) is 0 Å². The van der Waals surface area contributed by atoms with Gasteiger partial charge in [0.05, 0.1) is 7.85 Å². The second-order valence-electron chi connectivity index (χ2n) is 0.390. The summed E-state index contributed by atoms with van der Waals surface area (Å²) >= 11 is 2.10. The summed E-state index contributed by atoms with van der Waals surface area (Å²) in [5.41, 5.74) is 0. The molecular formula is CH2B2I. The van der Waals surface area contributed by atoms with Crippen molar-refractivity contribution in [3.05, 3.63) is 0 Å². The van der Waals surface area contributed by atoms with Gasteiger partial charge in [0.25, 0.3) is 0 Å². The SMILES string of the molecule is [B]C[B]I. The van der Waals surface area contributed by atoms with E-state index in [0.29, 0.717) is 6.22 Å². The monoisotopic (exact) mass is 163 g/mol. The summed E-state index contributed by atoms with van der Waals surface area (Å²) in [7, 11) is 4.96. The molecule has 0 saturated heterocycles. The quantitative estimate of drug-likeness (QED) is 0.391. The van der Waals surface area contributed by atoms with E-state index in [1.807, 2.05) is 5.14 Å². The van der Waals surface area contributed by atoms with E-state index in [-0.39, 0.29) is 0 Å². The Morgan fingerprint density at radius 3 is 2.25 bits per heavy atom. The molecule has 0 rings (SSSR count). The fraction of sp³-hybridized carbons (Fsp3) is 1.00. The van der Waals surface area contributed by atoms with Gasteiger partial charge in [-0.2, -0.15) is 22.4 Å². The van der Waals surface area contributed by atoms with Gasteiger partial charge in [-0.25, -0.2) is 0 Å². The average Bonchev–Trinajstić information content (AvgIpc) is 1.37. The molecule has 0 spiro atoms. The number of hydrogen-bond acceptors (Lipinski definition) is 0. The highest BCUT2D eigenvalue weighted by molar-refractivity contribution is 14.1. The van der Waals surface area contributed by atoms with Gasteiger partial charge in [0.15, 0.2) is 5.14 Å². The second kappa shape index (κ2) is 3.86. The van der Waals surface area contributed by atoms with E-state index < -0.39 is 0 Å². The highest BCUT2D eigenvalue weighted by Gasteiger charge is 1.64. The van der Waals surface area contributed by atoms with Crippen molar-refractivity contribution in [1.29, 1.82) is 0 Å². The van der Waals surface area contributed by atoms with Crippen molar-refractivity contribution in [2.24, 2.45) is 0 Å². The first-order valence-corrected chi connectivity index (χ1v) is 2.28. The minimum Gasteiger partial charge on any atom is -0.160 e. The number of halogens is 1. The standard InChI is InChI=1S/CH2B2I/c2-1-3-4/h1H2. The van der Waals surface area contributed by atoms with Crippen molar-refractivity contribution >= 4 is 35.4 Å². The van der Waals surface area contributed by atoms with Gasteiger partial charge >= 0.3 is 0 Å². The van der Waals surface area contributed by atoms with Crippen LogP contribution in [0, 0.1) is 0 Å². The molecule has 0 N–H and O–H groups in total. The second-order valence-corrected chi connectivity index (χ2v) is 1.27. The van der Waals surface area contributed by atoms with Gasteiger partial charge in [-0.1, -0.05) is 0 Å². The van der Waals surface area contributed by atoms with Crippen LogP contribution in [0.1, 0.15) is 0 Å². The van der Waals surface area contributed by atoms with Gasteiger partial charge < -0.3 is 0 Å². The van der Waals surface area contributed by atoms with Crippen LogP contribution >= 0.6 is 22.4 Å².